The van der Waals surface area contributed by atoms with E-state index in [9.17, 15) is 0 Å². The lowest BCUT2D eigenvalue weighted by molar-refractivity contribution is 0.344. The highest BCUT2D eigenvalue weighted by atomic mass is 16.5. The van der Waals surface area contributed by atoms with E-state index in [0.717, 1.165) is 18.7 Å². The average Bonchev–Trinajstić information content (AvgIpc) is 2.71. The minimum absolute atomic E-state index is 0.705. The number of benzene rings is 1. The molecule has 0 aliphatic heterocycles. The van der Waals surface area contributed by atoms with E-state index in [4.69, 9.17) is 4.74 Å². The summed E-state index contributed by atoms with van der Waals surface area (Å²) >= 11 is 0. The first-order valence-corrected chi connectivity index (χ1v) is 5.68. The summed E-state index contributed by atoms with van der Waals surface area (Å²) in [4.78, 5) is 0. The van der Waals surface area contributed by atoms with Crippen molar-refractivity contribution < 1.29 is 4.74 Å². The molecule has 0 atom stereocenters. The zero-order valence-corrected chi connectivity index (χ0v) is 9.65. The molecular formula is C14H17NO. The van der Waals surface area contributed by atoms with Gasteiger partial charge >= 0.3 is 0 Å². The molecule has 2 rings (SSSR count). The summed E-state index contributed by atoms with van der Waals surface area (Å²) in [6.45, 7) is 7.44. The fraction of sp³-hybridized carbons (Fsp3) is 0.286. The quantitative estimate of drug-likeness (QED) is 0.695. The van der Waals surface area contributed by atoms with Crippen LogP contribution >= 0.6 is 0 Å². The van der Waals surface area contributed by atoms with Crippen molar-refractivity contribution in [1.82, 2.24) is 4.57 Å². The third-order valence-electron chi connectivity index (χ3n) is 2.65. The summed E-state index contributed by atoms with van der Waals surface area (Å²) in [5, 5.41) is 1.19. The minimum atomic E-state index is 0.705. The summed E-state index contributed by atoms with van der Waals surface area (Å²) in [7, 11) is 0. The Hall–Kier alpha value is -1.70. The van der Waals surface area contributed by atoms with Crippen molar-refractivity contribution in [2.45, 2.75) is 19.9 Å². The van der Waals surface area contributed by atoms with E-state index in [1.54, 1.807) is 0 Å². The van der Waals surface area contributed by atoms with Gasteiger partial charge in [0.1, 0.15) is 5.75 Å². The lowest BCUT2D eigenvalue weighted by Crippen LogP contribution is -1.95. The summed E-state index contributed by atoms with van der Waals surface area (Å²) in [5.41, 5.74) is 1.23. The molecule has 0 radical (unpaired) electrons. The lowest BCUT2D eigenvalue weighted by atomic mass is 10.2. The van der Waals surface area contributed by atoms with Gasteiger partial charge in [-0.25, -0.2) is 0 Å². The molecule has 2 nitrogen and oxygen atoms in total. The monoisotopic (exact) mass is 215 g/mol. The standard InChI is InChI=1S/C14H17NO/c1-3-5-10-15-11-9-12-13(15)7-6-8-14(12)16-4-2/h3,6-9,11H,1,4-5,10H2,2H3. The van der Waals surface area contributed by atoms with Gasteiger partial charge in [0.05, 0.1) is 12.1 Å². The van der Waals surface area contributed by atoms with E-state index in [-0.39, 0.29) is 0 Å². The zero-order chi connectivity index (χ0) is 11.4. The lowest BCUT2D eigenvalue weighted by Gasteiger charge is -2.06. The summed E-state index contributed by atoms with van der Waals surface area (Å²) in [6.07, 6.45) is 5.04. The van der Waals surface area contributed by atoms with Crippen LogP contribution in [0.15, 0.2) is 43.1 Å². The van der Waals surface area contributed by atoms with Crippen LogP contribution in [0.4, 0.5) is 0 Å². The van der Waals surface area contributed by atoms with Crippen molar-refractivity contribution in [1.29, 1.82) is 0 Å². The molecule has 1 heterocycles. The number of aryl methyl sites for hydroxylation is 1. The van der Waals surface area contributed by atoms with Crippen molar-refractivity contribution in [2.24, 2.45) is 0 Å². The molecule has 1 aromatic heterocycles. The van der Waals surface area contributed by atoms with Crippen LogP contribution in [-0.2, 0) is 6.54 Å². The van der Waals surface area contributed by atoms with E-state index in [1.807, 2.05) is 25.1 Å². The Morgan fingerprint density at radius 2 is 2.25 bits per heavy atom. The van der Waals surface area contributed by atoms with Crippen LogP contribution in [0, 0.1) is 0 Å². The van der Waals surface area contributed by atoms with Gasteiger partial charge in [0.15, 0.2) is 0 Å². The molecule has 16 heavy (non-hydrogen) atoms. The van der Waals surface area contributed by atoms with Crippen molar-refractivity contribution >= 4 is 10.9 Å². The maximum Gasteiger partial charge on any atom is 0.128 e. The van der Waals surface area contributed by atoms with E-state index >= 15 is 0 Å². The van der Waals surface area contributed by atoms with Crippen molar-refractivity contribution in [2.75, 3.05) is 6.61 Å². The van der Waals surface area contributed by atoms with Crippen molar-refractivity contribution in [3.8, 4) is 5.75 Å². The Bertz CT molecular complexity index is 484. The van der Waals surface area contributed by atoms with Crippen molar-refractivity contribution in [3.05, 3.63) is 43.1 Å². The normalized spacial score (nSPS) is 10.6. The van der Waals surface area contributed by atoms with Crippen LogP contribution < -0.4 is 4.74 Å². The molecule has 0 saturated heterocycles. The van der Waals surface area contributed by atoms with Crippen LogP contribution in [-0.4, -0.2) is 11.2 Å². The largest absolute Gasteiger partial charge is 0.493 e. The predicted octanol–water partition coefficient (Wildman–Crippen LogP) is 3.62. The average molecular weight is 215 g/mol. The number of nitrogens with zero attached hydrogens (tertiary/aromatic N) is 1. The fourth-order valence-electron chi connectivity index (χ4n) is 1.90. The van der Waals surface area contributed by atoms with Gasteiger partial charge in [0, 0.05) is 18.1 Å². The van der Waals surface area contributed by atoms with E-state index in [2.05, 4.69) is 29.5 Å². The number of rotatable bonds is 5. The van der Waals surface area contributed by atoms with Crippen LogP contribution in [0.2, 0.25) is 0 Å². The van der Waals surface area contributed by atoms with Crippen molar-refractivity contribution in [3.63, 3.8) is 0 Å². The molecule has 1 aromatic carbocycles. The molecule has 0 bridgehead atoms. The molecule has 0 aliphatic rings. The van der Waals surface area contributed by atoms with E-state index in [0.29, 0.717) is 6.61 Å². The maximum atomic E-state index is 5.60. The Balaban J connectivity index is 2.40. The highest BCUT2D eigenvalue weighted by Gasteiger charge is 2.05. The second-order valence-electron chi connectivity index (χ2n) is 3.71. The van der Waals surface area contributed by atoms with Gasteiger partial charge < -0.3 is 9.30 Å². The summed E-state index contributed by atoms with van der Waals surface area (Å²) < 4.78 is 7.84. The molecule has 0 unspecified atom stereocenters. The molecule has 0 saturated carbocycles. The molecule has 0 amide bonds. The molecule has 0 N–H and O–H groups in total. The Morgan fingerprint density at radius 1 is 1.38 bits per heavy atom. The third kappa shape index (κ3) is 1.96. The number of hydrogen-bond acceptors (Lipinski definition) is 1. The Labute approximate surface area is 96.1 Å². The van der Waals surface area contributed by atoms with Crippen LogP contribution in [0.3, 0.4) is 0 Å². The molecule has 84 valence electrons. The summed E-state index contributed by atoms with van der Waals surface area (Å²) in [6, 6.07) is 8.30. The molecule has 2 heteroatoms. The molecule has 0 spiro atoms. The summed E-state index contributed by atoms with van der Waals surface area (Å²) in [5.74, 6) is 0.970. The first-order chi connectivity index (χ1) is 7.86. The Kier molecular flexibility index (Phi) is 3.30. The van der Waals surface area contributed by atoms with Gasteiger partial charge in [0.25, 0.3) is 0 Å². The van der Waals surface area contributed by atoms with Gasteiger partial charge in [0.2, 0.25) is 0 Å². The zero-order valence-electron chi connectivity index (χ0n) is 9.65. The van der Waals surface area contributed by atoms with Gasteiger partial charge in [-0.15, -0.1) is 6.58 Å². The fourth-order valence-corrected chi connectivity index (χ4v) is 1.90. The second-order valence-corrected chi connectivity index (χ2v) is 3.71. The highest BCUT2D eigenvalue weighted by molar-refractivity contribution is 5.86. The van der Waals surface area contributed by atoms with Crippen LogP contribution in [0.1, 0.15) is 13.3 Å². The van der Waals surface area contributed by atoms with E-state index < -0.39 is 0 Å². The number of hydrogen-bond donors (Lipinski definition) is 0. The number of fused-ring (bicyclic) bond motifs is 1. The molecule has 0 fully saturated rings. The second kappa shape index (κ2) is 4.88. The number of ether oxygens (including phenoxy) is 1. The maximum absolute atomic E-state index is 5.60. The van der Waals surface area contributed by atoms with Gasteiger partial charge in [-0.2, -0.15) is 0 Å². The minimum Gasteiger partial charge on any atom is -0.493 e. The van der Waals surface area contributed by atoms with E-state index in [1.165, 1.54) is 10.9 Å². The topological polar surface area (TPSA) is 14.2 Å². The highest BCUT2D eigenvalue weighted by Crippen LogP contribution is 2.26. The Morgan fingerprint density at radius 3 is 3.00 bits per heavy atom. The molecular weight excluding hydrogens is 198 g/mol. The first-order valence-electron chi connectivity index (χ1n) is 5.68. The first kappa shape index (κ1) is 10.8. The third-order valence-corrected chi connectivity index (χ3v) is 2.65. The van der Waals surface area contributed by atoms with Crippen LogP contribution in [0.25, 0.3) is 10.9 Å². The molecule has 2 aromatic rings. The smallest absolute Gasteiger partial charge is 0.128 e. The predicted molar refractivity (Wildman–Crippen MR) is 67.9 cm³/mol. The van der Waals surface area contributed by atoms with Gasteiger partial charge in [-0.1, -0.05) is 12.1 Å². The van der Waals surface area contributed by atoms with Gasteiger partial charge in [-0.05, 0) is 31.5 Å². The number of allylic oxidation sites excluding steroid dienone is 1. The number of aromatic nitrogens is 1. The molecule has 0 aliphatic carbocycles. The SMILES string of the molecule is C=CCCn1ccc2c(OCC)cccc21. The van der Waals surface area contributed by atoms with Gasteiger partial charge in [-0.3, -0.25) is 0 Å². The van der Waals surface area contributed by atoms with Crippen LogP contribution in [0.5, 0.6) is 5.75 Å².